The van der Waals surface area contributed by atoms with Crippen molar-refractivity contribution in [3.05, 3.63) is 40.2 Å². The van der Waals surface area contributed by atoms with Crippen molar-refractivity contribution in [1.29, 1.82) is 0 Å². The van der Waals surface area contributed by atoms with Crippen LogP contribution in [-0.4, -0.2) is 22.9 Å². The Morgan fingerprint density at radius 3 is 2.13 bits per heavy atom. The fraction of sp³-hybridized carbons (Fsp3) is 0.231. The number of anilines is 1. The van der Waals surface area contributed by atoms with Crippen molar-refractivity contribution < 1.29 is 16.8 Å². The fourth-order valence-corrected chi connectivity index (χ4v) is 6.21. The van der Waals surface area contributed by atoms with Crippen LogP contribution in [0.2, 0.25) is 0 Å². The molecule has 23 heavy (non-hydrogen) atoms. The van der Waals surface area contributed by atoms with Gasteiger partial charge in [0.25, 0.3) is 10.0 Å². The first-order valence-corrected chi connectivity index (χ1v) is 11.2. The number of thiophene rings is 1. The van der Waals surface area contributed by atoms with Crippen molar-refractivity contribution in [3.63, 3.8) is 0 Å². The van der Waals surface area contributed by atoms with Gasteiger partial charge in [-0.1, -0.05) is 0 Å². The first-order valence-electron chi connectivity index (χ1n) is 6.67. The van der Waals surface area contributed by atoms with Crippen LogP contribution in [-0.2, 0) is 20.0 Å². The molecule has 1 saturated carbocycles. The van der Waals surface area contributed by atoms with Crippen LogP contribution in [0.4, 0.5) is 5.69 Å². The highest BCUT2D eigenvalue weighted by Gasteiger charge is 2.28. The summed E-state index contributed by atoms with van der Waals surface area (Å²) < 4.78 is 54.4. The zero-order chi connectivity index (χ0) is 16.7. The molecule has 1 aliphatic carbocycles. The summed E-state index contributed by atoms with van der Waals surface area (Å²) in [5.41, 5.74) is 0.305. The maximum absolute atomic E-state index is 12.2. The minimum absolute atomic E-state index is 0.0236. The molecular weight excluding hydrogens is 424 g/mol. The van der Waals surface area contributed by atoms with Crippen LogP contribution in [0.5, 0.6) is 0 Å². The van der Waals surface area contributed by atoms with Gasteiger partial charge in [0.2, 0.25) is 10.0 Å². The van der Waals surface area contributed by atoms with Gasteiger partial charge in [0.1, 0.15) is 4.21 Å². The highest BCUT2D eigenvalue weighted by Crippen LogP contribution is 2.28. The lowest BCUT2D eigenvalue weighted by molar-refractivity contribution is 0.581. The molecule has 1 aliphatic rings. The third kappa shape index (κ3) is 4.13. The minimum Gasteiger partial charge on any atom is -0.279 e. The van der Waals surface area contributed by atoms with E-state index in [-0.39, 0.29) is 15.1 Å². The Bertz CT molecular complexity index is 916. The summed E-state index contributed by atoms with van der Waals surface area (Å²) in [7, 11) is -7.21. The molecule has 6 nitrogen and oxygen atoms in total. The Morgan fingerprint density at radius 2 is 1.61 bits per heavy atom. The maximum atomic E-state index is 12.2. The summed E-state index contributed by atoms with van der Waals surface area (Å²) in [6, 6.07) is 8.80. The van der Waals surface area contributed by atoms with Crippen molar-refractivity contribution in [3.8, 4) is 0 Å². The van der Waals surface area contributed by atoms with Gasteiger partial charge in [-0.25, -0.2) is 21.6 Å². The highest BCUT2D eigenvalue weighted by atomic mass is 79.9. The Labute approximate surface area is 147 Å². The number of hydrogen-bond acceptors (Lipinski definition) is 5. The lowest BCUT2D eigenvalue weighted by Gasteiger charge is -2.08. The van der Waals surface area contributed by atoms with Gasteiger partial charge >= 0.3 is 0 Å². The Kier molecular flexibility index (Phi) is 4.53. The van der Waals surface area contributed by atoms with E-state index >= 15 is 0 Å². The Morgan fingerprint density at radius 1 is 0.957 bits per heavy atom. The molecule has 10 heteroatoms. The third-order valence-corrected chi connectivity index (χ3v) is 8.16. The van der Waals surface area contributed by atoms with Gasteiger partial charge in [-0.05, 0) is 65.2 Å². The molecule has 1 aromatic heterocycles. The molecule has 0 amide bonds. The van der Waals surface area contributed by atoms with Gasteiger partial charge in [-0.15, -0.1) is 11.3 Å². The second-order valence-corrected chi connectivity index (χ2v) is 11.2. The van der Waals surface area contributed by atoms with E-state index in [2.05, 4.69) is 25.4 Å². The number of nitrogens with one attached hydrogen (secondary N) is 2. The SMILES string of the molecule is O=S(=O)(NC1CC1)c1ccc(NS(=O)(=O)c2ccc(Br)s2)cc1. The zero-order valence-electron chi connectivity index (χ0n) is 11.7. The van der Waals surface area contributed by atoms with Crippen LogP contribution in [0.1, 0.15) is 12.8 Å². The van der Waals surface area contributed by atoms with Crippen molar-refractivity contribution in [2.24, 2.45) is 0 Å². The fourth-order valence-electron chi connectivity index (χ4n) is 1.84. The predicted octanol–water partition coefficient (Wildman–Crippen LogP) is 2.75. The minimum atomic E-state index is -3.68. The number of rotatable bonds is 6. The smallest absolute Gasteiger partial charge is 0.271 e. The molecule has 124 valence electrons. The first kappa shape index (κ1) is 16.9. The summed E-state index contributed by atoms with van der Waals surface area (Å²) in [6.45, 7) is 0. The standard InChI is InChI=1S/C13H13BrN2O4S3/c14-12-7-8-13(21-12)23(19,20)16-10-3-5-11(6-4-10)22(17,18)15-9-1-2-9/h3-9,15-16H,1-2H2. The van der Waals surface area contributed by atoms with Crippen LogP contribution in [0.25, 0.3) is 0 Å². The summed E-state index contributed by atoms with van der Waals surface area (Å²) >= 11 is 4.31. The monoisotopic (exact) mass is 436 g/mol. The van der Waals surface area contributed by atoms with Crippen LogP contribution < -0.4 is 9.44 Å². The number of hydrogen-bond donors (Lipinski definition) is 2. The van der Waals surface area contributed by atoms with E-state index in [4.69, 9.17) is 0 Å². The van der Waals surface area contributed by atoms with E-state index in [1.165, 1.54) is 30.3 Å². The largest absolute Gasteiger partial charge is 0.279 e. The van der Waals surface area contributed by atoms with Crippen molar-refractivity contribution in [1.82, 2.24) is 4.72 Å². The molecule has 0 saturated heterocycles. The molecule has 0 spiro atoms. The summed E-state index contributed by atoms with van der Waals surface area (Å²) in [6.07, 6.45) is 1.71. The number of sulfonamides is 2. The molecule has 0 radical (unpaired) electrons. The van der Waals surface area contributed by atoms with Crippen molar-refractivity contribution >= 4 is 53.0 Å². The molecule has 2 aromatic rings. The highest BCUT2D eigenvalue weighted by molar-refractivity contribution is 9.11. The molecule has 0 unspecified atom stereocenters. The summed E-state index contributed by atoms with van der Waals surface area (Å²) in [5.74, 6) is 0. The van der Waals surface area contributed by atoms with Crippen LogP contribution in [0.3, 0.4) is 0 Å². The van der Waals surface area contributed by atoms with E-state index in [1.54, 1.807) is 6.07 Å². The topological polar surface area (TPSA) is 92.3 Å². The quantitative estimate of drug-likeness (QED) is 0.727. The Hall–Kier alpha value is -0.940. The van der Waals surface area contributed by atoms with Crippen LogP contribution in [0.15, 0.2) is 49.3 Å². The third-order valence-electron chi connectivity index (χ3n) is 3.13. The first-order chi connectivity index (χ1) is 10.8. The van der Waals surface area contributed by atoms with E-state index in [9.17, 15) is 16.8 Å². The predicted molar refractivity (Wildman–Crippen MR) is 92.6 cm³/mol. The van der Waals surface area contributed by atoms with Gasteiger partial charge in [0.05, 0.1) is 8.68 Å². The van der Waals surface area contributed by atoms with Gasteiger partial charge in [-0.3, -0.25) is 4.72 Å². The summed E-state index contributed by atoms with van der Waals surface area (Å²) in [4.78, 5) is 0.117. The van der Waals surface area contributed by atoms with Gasteiger partial charge in [0, 0.05) is 11.7 Å². The second kappa shape index (κ2) is 6.17. The van der Waals surface area contributed by atoms with Crippen molar-refractivity contribution in [2.75, 3.05) is 4.72 Å². The van der Waals surface area contributed by atoms with Crippen molar-refractivity contribution in [2.45, 2.75) is 28.0 Å². The van der Waals surface area contributed by atoms with Crippen LogP contribution in [0, 0.1) is 0 Å². The van der Waals surface area contributed by atoms with E-state index < -0.39 is 20.0 Å². The number of halogens is 1. The summed E-state index contributed by atoms with van der Waals surface area (Å²) in [5, 5.41) is 0. The zero-order valence-corrected chi connectivity index (χ0v) is 15.7. The van der Waals surface area contributed by atoms with E-state index in [0.717, 1.165) is 24.2 Å². The van der Waals surface area contributed by atoms with Gasteiger partial charge < -0.3 is 0 Å². The molecule has 1 aromatic carbocycles. The molecule has 1 fully saturated rings. The average Bonchev–Trinajstić information content (AvgIpc) is 3.15. The van der Waals surface area contributed by atoms with Gasteiger partial charge in [0.15, 0.2) is 0 Å². The molecule has 1 heterocycles. The molecule has 0 aliphatic heterocycles. The second-order valence-electron chi connectivity index (χ2n) is 5.08. The lowest BCUT2D eigenvalue weighted by Crippen LogP contribution is -2.25. The average molecular weight is 437 g/mol. The van der Waals surface area contributed by atoms with E-state index in [0.29, 0.717) is 9.47 Å². The van der Waals surface area contributed by atoms with E-state index in [1.807, 2.05) is 0 Å². The molecule has 3 rings (SSSR count). The molecule has 2 N–H and O–H groups in total. The van der Waals surface area contributed by atoms with Gasteiger partial charge in [-0.2, -0.15) is 0 Å². The Balaban J connectivity index is 1.77. The molecule has 0 atom stereocenters. The molecular formula is C13H13BrN2O4S3. The number of benzene rings is 1. The van der Waals surface area contributed by atoms with Crippen LogP contribution >= 0.6 is 27.3 Å². The normalized spacial score (nSPS) is 15.5. The maximum Gasteiger partial charge on any atom is 0.271 e. The molecule has 0 bridgehead atoms. The lowest BCUT2D eigenvalue weighted by atomic mass is 10.3.